The fraction of sp³-hybridized carbons (Fsp3) is 0.188. The first-order chi connectivity index (χ1) is 9.52. The van der Waals surface area contributed by atoms with Crippen LogP contribution in [0.4, 0.5) is 5.69 Å². The van der Waals surface area contributed by atoms with Crippen LogP contribution in [-0.4, -0.2) is 10.7 Å². The highest BCUT2D eigenvalue weighted by atomic mass is 16.6. The van der Waals surface area contributed by atoms with Crippen LogP contribution >= 0.6 is 0 Å². The van der Waals surface area contributed by atoms with Gasteiger partial charge in [0, 0.05) is 22.8 Å². The number of carbonyl (C=O) groups excluding carboxylic acids is 1. The Hall–Kier alpha value is -2.49. The van der Waals surface area contributed by atoms with E-state index in [1.54, 1.807) is 31.2 Å². The van der Waals surface area contributed by atoms with Gasteiger partial charge in [-0.1, -0.05) is 43.3 Å². The highest BCUT2D eigenvalue weighted by Crippen LogP contribution is 2.21. The third-order valence-electron chi connectivity index (χ3n) is 3.29. The number of rotatable bonds is 4. The van der Waals surface area contributed by atoms with Crippen molar-refractivity contribution in [1.82, 2.24) is 0 Å². The zero-order chi connectivity index (χ0) is 14.7. The summed E-state index contributed by atoms with van der Waals surface area (Å²) in [6, 6.07) is 11.9. The number of nitro groups is 1. The van der Waals surface area contributed by atoms with E-state index in [-0.39, 0.29) is 11.5 Å². The lowest BCUT2D eigenvalue weighted by Gasteiger charge is -2.04. The molecule has 0 unspecified atom stereocenters. The van der Waals surface area contributed by atoms with Crippen LogP contribution in [0.15, 0.2) is 42.5 Å². The first-order valence-corrected chi connectivity index (χ1v) is 6.41. The topological polar surface area (TPSA) is 60.2 Å². The summed E-state index contributed by atoms with van der Waals surface area (Å²) < 4.78 is 0. The second kappa shape index (κ2) is 5.65. The number of hydrogen-bond acceptors (Lipinski definition) is 3. The second-order valence-electron chi connectivity index (χ2n) is 4.64. The molecule has 0 heterocycles. The molecule has 0 radical (unpaired) electrons. The molecule has 0 aliphatic rings. The van der Waals surface area contributed by atoms with Gasteiger partial charge in [0.1, 0.15) is 0 Å². The monoisotopic (exact) mass is 269 g/mol. The molecule has 0 aromatic heterocycles. The second-order valence-corrected chi connectivity index (χ2v) is 4.64. The number of nitrogens with zero attached hydrogens (tertiary/aromatic N) is 1. The van der Waals surface area contributed by atoms with Crippen LogP contribution in [0.25, 0.3) is 0 Å². The molecule has 0 amide bonds. The molecule has 0 saturated carbocycles. The van der Waals surface area contributed by atoms with E-state index in [0.29, 0.717) is 16.7 Å². The van der Waals surface area contributed by atoms with E-state index < -0.39 is 4.92 Å². The molecule has 20 heavy (non-hydrogen) atoms. The Morgan fingerprint density at radius 2 is 1.70 bits per heavy atom. The summed E-state index contributed by atoms with van der Waals surface area (Å²) in [4.78, 5) is 22.8. The van der Waals surface area contributed by atoms with Gasteiger partial charge in [-0.3, -0.25) is 14.9 Å². The van der Waals surface area contributed by atoms with Gasteiger partial charge < -0.3 is 0 Å². The van der Waals surface area contributed by atoms with E-state index in [2.05, 4.69) is 0 Å². The molecule has 2 rings (SSSR count). The lowest BCUT2D eigenvalue weighted by Crippen LogP contribution is -2.03. The van der Waals surface area contributed by atoms with Crippen LogP contribution in [0.2, 0.25) is 0 Å². The molecule has 0 spiro atoms. The Kier molecular flexibility index (Phi) is 3.94. The summed E-state index contributed by atoms with van der Waals surface area (Å²) in [6.07, 6.45) is 0.907. The van der Waals surface area contributed by atoms with Gasteiger partial charge in [-0.05, 0) is 18.9 Å². The molecule has 0 aliphatic heterocycles. The van der Waals surface area contributed by atoms with E-state index in [0.717, 1.165) is 12.0 Å². The molecule has 4 nitrogen and oxygen atoms in total. The van der Waals surface area contributed by atoms with Crippen LogP contribution in [0.1, 0.15) is 34.0 Å². The predicted molar refractivity (Wildman–Crippen MR) is 77.1 cm³/mol. The van der Waals surface area contributed by atoms with Gasteiger partial charge in [0.2, 0.25) is 0 Å². The summed E-state index contributed by atoms with van der Waals surface area (Å²) in [6.45, 7) is 3.70. The number of aryl methyl sites for hydroxylation is 2. The molecule has 4 heteroatoms. The molecule has 0 saturated heterocycles. The van der Waals surface area contributed by atoms with E-state index in [1.807, 2.05) is 19.1 Å². The average molecular weight is 269 g/mol. The Labute approximate surface area is 117 Å². The van der Waals surface area contributed by atoms with E-state index >= 15 is 0 Å². The number of ketones is 1. The zero-order valence-electron chi connectivity index (χ0n) is 11.4. The summed E-state index contributed by atoms with van der Waals surface area (Å²) in [5.41, 5.74) is 2.55. The van der Waals surface area contributed by atoms with Crippen molar-refractivity contribution in [1.29, 1.82) is 0 Å². The Morgan fingerprint density at radius 1 is 1.10 bits per heavy atom. The minimum atomic E-state index is -0.466. The largest absolute Gasteiger partial charge is 0.289 e. The van der Waals surface area contributed by atoms with Gasteiger partial charge in [0.15, 0.2) is 5.78 Å². The summed E-state index contributed by atoms with van der Waals surface area (Å²) >= 11 is 0. The van der Waals surface area contributed by atoms with E-state index in [9.17, 15) is 14.9 Å². The minimum Gasteiger partial charge on any atom is -0.289 e. The fourth-order valence-electron chi connectivity index (χ4n) is 2.01. The maximum Gasteiger partial charge on any atom is 0.273 e. The molecule has 0 bridgehead atoms. The van der Waals surface area contributed by atoms with Gasteiger partial charge in [-0.25, -0.2) is 0 Å². The molecule has 102 valence electrons. The van der Waals surface area contributed by atoms with Crippen molar-refractivity contribution in [2.75, 3.05) is 0 Å². The molecule has 0 atom stereocenters. The van der Waals surface area contributed by atoms with Gasteiger partial charge >= 0.3 is 0 Å². The first kappa shape index (κ1) is 13.9. The van der Waals surface area contributed by atoms with Crippen molar-refractivity contribution < 1.29 is 9.72 Å². The standard InChI is InChI=1S/C16H15NO3/c1-3-12-5-8-13(9-6-12)16(18)14-7-4-11(2)15(10-14)17(19)20/h4-10H,3H2,1-2H3. The van der Waals surface area contributed by atoms with Crippen LogP contribution < -0.4 is 0 Å². The third kappa shape index (κ3) is 2.74. The maximum absolute atomic E-state index is 12.3. The van der Waals surface area contributed by atoms with Gasteiger partial charge in [-0.15, -0.1) is 0 Å². The Morgan fingerprint density at radius 3 is 2.25 bits per heavy atom. The highest BCUT2D eigenvalue weighted by Gasteiger charge is 2.16. The molecule has 0 fully saturated rings. The van der Waals surface area contributed by atoms with Gasteiger partial charge in [0.25, 0.3) is 5.69 Å². The number of carbonyl (C=O) groups is 1. The summed E-state index contributed by atoms with van der Waals surface area (Å²) in [5.74, 6) is -0.198. The molecule has 0 N–H and O–H groups in total. The quantitative estimate of drug-likeness (QED) is 0.483. The van der Waals surface area contributed by atoms with Crippen LogP contribution in [0, 0.1) is 17.0 Å². The normalized spacial score (nSPS) is 10.3. The SMILES string of the molecule is CCc1ccc(C(=O)c2ccc(C)c([N+](=O)[O-])c2)cc1. The van der Waals surface area contributed by atoms with Crippen molar-refractivity contribution in [3.8, 4) is 0 Å². The van der Waals surface area contributed by atoms with Gasteiger partial charge in [-0.2, -0.15) is 0 Å². The lowest BCUT2D eigenvalue weighted by atomic mass is 10.00. The van der Waals surface area contributed by atoms with Crippen LogP contribution in [0.3, 0.4) is 0 Å². The molecular formula is C16H15NO3. The smallest absolute Gasteiger partial charge is 0.273 e. The van der Waals surface area contributed by atoms with Crippen LogP contribution in [-0.2, 0) is 6.42 Å². The average Bonchev–Trinajstić information content (AvgIpc) is 2.47. The highest BCUT2D eigenvalue weighted by molar-refractivity contribution is 6.09. The lowest BCUT2D eigenvalue weighted by molar-refractivity contribution is -0.385. The van der Waals surface area contributed by atoms with Crippen molar-refractivity contribution in [3.63, 3.8) is 0 Å². The van der Waals surface area contributed by atoms with Crippen LogP contribution in [0.5, 0.6) is 0 Å². The van der Waals surface area contributed by atoms with Crippen molar-refractivity contribution in [2.45, 2.75) is 20.3 Å². The third-order valence-corrected chi connectivity index (χ3v) is 3.29. The first-order valence-electron chi connectivity index (χ1n) is 6.41. The molecule has 2 aromatic carbocycles. The van der Waals surface area contributed by atoms with Crippen molar-refractivity contribution in [2.24, 2.45) is 0 Å². The molecular weight excluding hydrogens is 254 g/mol. The zero-order valence-corrected chi connectivity index (χ0v) is 11.4. The minimum absolute atomic E-state index is 0.0268. The van der Waals surface area contributed by atoms with E-state index in [4.69, 9.17) is 0 Å². The summed E-state index contributed by atoms with van der Waals surface area (Å²) in [7, 11) is 0. The molecule has 2 aromatic rings. The van der Waals surface area contributed by atoms with Gasteiger partial charge in [0.05, 0.1) is 4.92 Å². The number of benzene rings is 2. The van der Waals surface area contributed by atoms with E-state index in [1.165, 1.54) is 6.07 Å². The maximum atomic E-state index is 12.3. The summed E-state index contributed by atoms with van der Waals surface area (Å²) in [5, 5.41) is 10.9. The fourth-order valence-corrected chi connectivity index (χ4v) is 2.01. The predicted octanol–water partition coefficient (Wildman–Crippen LogP) is 3.70. The van der Waals surface area contributed by atoms with Crippen molar-refractivity contribution >= 4 is 11.5 Å². The molecule has 0 aliphatic carbocycles. The number of hydrogen-bond donors (Lipinski definition) is 0. The number of nitro benzene ring substituents is 1. The van der Waals surface area contributed by atoms with Crippen molar-refractivity contribution in [3.05, 3.63) is 74.8 Å². The Balaban J connectivity index is 2.37. The Bertz CT molecular complexity index is 660.